The van der Waals surface area contributed by atoms with Gasteiger partial charge in [-0.25, -0.2) is 9.97 Å². The number of aliphatic hydroxyl groups excluding tert-OH is 1. The molecule has 21 heavy (non-hydrogen) atoms. The van der Waals surface area contributed by atoms with Crippen LogP contribution in [-0.4, -0.2) is 49.5 Å². The molecular weight excluding hydrogens is 268 g/mol. The summed E-state index contributed by atoms with van der Waals surface area (Å²) in [4.78, 5) is 22.8. The number of hydrogen-bond acceptors (Lipinski definition) is 4. The molecule has 0 spiro atoms. The van der Waals surface area contributed by atoms with Crippen LogP contribution >= 0.6 is 0 Å². The highest BCUT2D eigenvalue weighted by atomic mass is 16.3. The van der Waals surface area contributed by atoms with E-state index in [0.29, 0.717) is 30.5 Å². The number of carbonyl (C=O) groups excluding carboxylic acids is 1. The van der Waals surface area contributed by atoms with Crippen molar-refractivity contribution in [2.75, 3.05) is 13.1 Å². The predicted molar refractivity (Wildman–Crippen MR) is 76.1 cm³/mol. The fourth-order valence-corrected chi connectivity index (χ4v) is 2.93. The first-order valence-electron chi connectivity index (χ1n) is 7.53. The minimum absolute atomic E-state index is 0.118. The zero-order valence-corrected chi connectivity index (χ0v) is 11.8. The molecule has 0 aromatic carbocycles. The number of imidazole rings is 1. The Morgan fingerprint density at radius 2 is 2.14 bits per heavy atom. The molecule has 1 amide bonds. The average molecular weight is 286 g/mol. The van der Waals surface area contributed by atoms with E-state index in [1.54, 1.807) is 11.1 Å². The van der Waals surface area contributed by atoms with Gasteiger partial charge in [-0.1, -0.05) is 0 Å². The van der Waals surface area contributed by atoms with Gasteiger partial charge in [0, 0.05) is 31.7 Å². The molecule has 6 nitrogen and oxygen atoms in total. The lowest BCUT2D eigenvalue weighted by Crippen LogP contribution is -2.42. The normalized spacial score (nSPS) is 22.7. The summed E-state index contributed by atoms with van der Waals surface area (Å²) in [6.45, 7) is 1.08. The summed E-state index contributed by atoms with van der Waals surface area (Å²) in [7, 11) is 0. The van der Waals surface area contributed by atoms with Gasteiger partial charge in [0.1, 0.15) is 5.69 Å². The third-order valence-electron chi connectivity index (χ3n) is 4.28. The van der Waals surface area contributed by atoms with Gasteiger partial charge in [-0.2, -0.15) is 0 Å². The van der Waals surface area contributed by atoms with E-state index in [1.807, 2.05) is 16.8 Å². The summed E-state index contributed by atoms with van der Waals surface area (Å²) in [5.41, 5.74) is 1.62. The number of hydrogen-bond donors (Lipinski definition) is 1. The van der Waals surface area contributed by atoms with Crippen LogP contribution in [0.2, 0.25) is 0 Å². The molecule has 1 aliphatic heterocycles. The van der Waals surface area contributed by atoms with Gasteiger partial charge < -0.3 is 10.0 Å². The molecule has 2 fully saturated rings. The highest BCUT2D eigenvalue weighted by molar-refractivity contribution is 5.92. The number of nitrogens with zero attached hydrogens (tertiary/aromatic N) is 4. The molecule has 6 heteroatoms. The topological polar surface area (TPSA) is 70.7 Å². The molecule has 1 aliphatic carbocycles. The Balaban J connectivity index is 1.61. The van der Waals surface area contributed by atoms with Crippen molar-refractivity contribution in [3.63, 3.8) is 0 Å². The number of piperidine rings is 1. The summed E-state index contributed by atoms with van der Waals surface area (Å²) < 4.78 is 1.83. The molecule has 3 heterocycles. The van der Waals surface area contributed by atoms with E-state index in [-0.39, 0.29) is 5.91 Å². The third kappa shape index (κ3) is 2.40. The smallest absolute Gasteiger partial charge is 0.274 e. The molecule has 1 atom stereocenters. The lowest BCUT2D eigenvalue weighted by atomic mass is 10.1. The molecule has 4 rings (SSSR count). The second-order valence-corrected chi connectivity index (χ2v) is 6.04. The van der Waals surface area contributed by atoms with Gasteiger partial charge in [0.05, 0.1) is 6.10 Å². The number of aliphatic hydroxyl groups is 1. The molecule has 1 unspecified atom stereocenters. The third-order valence-corrected chi connectivity index (χ3v) is 4.28. The Morgan fingerprint density at radius 1 is 1.29 bits per heavy atom. The van der Waals surface area contributed by atoms with Crippen molar-refractivity contribution in [2.24, 2.45) is 0 Å². The monoisotopic (exact) mass is 286 g/mol. The standard InChI is InChI=1S/C15H18N4O2/c20-12-2-1-5-18(8-12)14(21)13-9-19-7-11(10-3-4-10)6-16-15(19)17-13/h6-7,9-10,12,20H,1-5,8H2. The van der Waals surface area contributed by atoms with Crippen LogP contribution in [0.5, 0.6) is 0 Å². The van der Waals surface area contributed by atoms with Crippen molar-refractivity contribution in [2.45, 2.75) is 37.7 Å². The minimum Gasteiger partial charge on any atom is -0.391 e. The molecule has 110 valence electrons. The number of fused-ring (bicyclic) bond motifs is 1. The van der Waals surface area contributed by atoms with E-state index < -0.39 is 6.10 Å². The number of amides is 1. The van der Waals surface area contributed by atoms with E-state index in [1.165, 1.54) is 18.4 Å². The van der Waals surface area contributed by atoms with Gasteiger partial charge >= 0.3 is 0 Å². The summed E-state index contributed by atoms with van der Waals surface area (Å²) in [6, 6.07) is 0. The van der Waals surface area contributed by atoms with Crippen LogP contribution in [0.1, 0.15) is 47.7 Å². The Hall–Kier alpha value is -1.95. The van der Waals surface area contributed by atoms with Crippen molar-refractivity contribution < 1.29 is 9.90 Å². The number of β-amino-alcohol motifs (C(OH)–C–C–N with tert-alkyl or cyclic N) is 1. The van der Waals surface area contributed by atoms with Crippen LogP contribution in [0.4, 0.5) is 0 Å². The summed E-state index contributed by atoms with van der Waals surface area (Å²) in [5, 5.41) is 9.69. The lowest BCUT2D eigenvalue weighted by molar-refractivity contribution is 0.0469. The van der Waals surface area contributed by atoms with Gasteiger partial charge in [-0.15, -0.1) is 0 Å². The minimum atomic E-state index is -0.417. The SMILES string of the molecule is O=C(c1cn2cc(C3CC3)cnc2n1)N1CCCC(O)C1. The highest BCUT2D eigenvalue weighted by Crippen LogP contribution is 2.39. The second-order valence-electron chi connectivity index (χ2n) is 6.04. The number of carbonyl (C=O) groups is 1. The molecular formula is C15H18N4O2. The lowest BCUT2D eigenvalue weighted by Gasteiger charge is -2.29. The van der Waals surface area contributed by atoms with Crippen LogP contribution in [-0.2, 0) is 0 Å². The number of aromatic nitrogens is 3. The first kappa shape index (κ1) is 12.8. The quantitative estimate of drug-likeness (QED) is 0.900. The van der Waals surface area contributed by atoms with Crippen molar-refractivity contribution in [3.8, 4) is 0 Å². The molecule has 0 radical (unpaired) electrons. The Labute approximate surface area is 122 Å². The van der Waals surface area contributed by atoms with Gasteiger partial charge in [0.25, 0.3) is 5.91 Å². The Bertz CT molecular complexity index is 692. The van der Waals surface area contributed by atoms with Crippen LogP contribution in [0.3, 0.4) is 0 Å². The van der Waals surface area contributed by atoms with Crippen molar-refractivity contribution >= 4 is 11.7 Å². The number of likely N-dealkylation sites (tertiary alicyclic amines) is 1. The van der Waals surface area contributed by atoms with E-state index in [9.17, 15) is 9.90 Å². The summed E-state index contributed by atoms with van der Waals surface area (Å²) in [6.07, 6.45) is 9.26. The fourth-order valence-electron chi connectivity index (χ4n) is 2.93. The van der Waals surface area contributed by atoms with E-state index in [0.717, 1.165) is 12.8 Å². The van der Waals surface area contributed by atoms with Gasteiger partial charge in [-0.3, -0.25) is 9.20 Å². The number of rotatable bonds is 2. The largest absolute Gasteiger partial charge is 0.391 e. The maximum atomic E-state index is 12.5. The first-order chi connectivity index (χ1) is 10.2. The van der Waals surface area contributed by atoms with E-state index >= 15 is 0 Å². The zero-order chi connectivity index (χ0) is 14.4. The van der Waals surface area contributed by atoms with Crippen molar-refractivity contribution in [3.05, 3.63) is 29.8 Å². The Morgan fingerprint density at radius 3 is 2.90 bits per heavy atom. The van der Waals surface area contributed by atoms with E-state index in [4.69, 9.17) is 0 Å². The molecule has 1 saturated carbocycles. The van der Waals surface area contributed by atoms with Gasteiger partial charge in [-0.05, 0) is 37.2 Å². The molecule has 1 saturated heterocycles. The maximum Gasteiger partial charge on any atom is 0.274 e. The van der Waals surface area contributed by atoms with Gasteiger partial charge in [0.15, 0.2) is 0 Å². The predicted octanol–water partition coefficient (Wildman–Crippen LogP) is 1.20. The van der Waals surface area contributed by atoms with Crippen LogP contribution < -0.4 is 0 Å². The second kappa shape index (κ2) is 4.80. The maximum absolute atomic E-state index is 12.5. The highest BCUT2D eigenvalue weighted by Gasteiger charge is 2.26. The average Bonchev–Trinajstić information content (AvgIpc) is 3.25. The zero-order valence-electron chi connectivity index (χ0n) is 11.8. The fraction of sp³-hybridized carbons (Fsp3) is 0.533. The first-order valence-corrected chi connectivity index (χ1v) is 7.53. The molecule has 2 aromatic heterocycles. The molecule has 2 aliphatic rings. The van der Waals surface area contributed by atoms with Crippen LogP contribution in [0.15, 0.2) is 18.6 Å². The summed E-state index contributed by atoms with van der Waals surface area (Å²) >= 11 is 0. The van der Waals surface area contributed by atoms with Crippen molar-refractivity contribution in [1.29, 1.82) is 0 Å². The molecule has 0 bridgehead atoms. The van der Waals surface area contributed by atoms with Crippen LogP contribution in [0, 0.1) is 0 Å². The van der Waals surface area contributed by atoms with Crippen molar-refractivity contribution in [1.82, 2.24) is 19.3 Å². The van der Waals surface area contributed by atoms with Gasteiger partial charge in [0.2, 0.25) is 5.78 Å². The Kier molecular flexibility index (Phi) is 2.92. The molecule has 2 aromatic rings. The summed E-state index contributed by atoms with van der Waals surface area (Å²) in [5.74, 6) is 1.06. The molecule has 1 N–H and O–H groups in total. The van der Waals surface area contributed by atoms with E-state index in [2.05, 4.69) is 9.97 Å². The van der Waals surface area contributed by atoms with Crippen LogP contribution in [0.25, 0.3) is 5.78 Å².